The molecule has 3 aromatic rings. The van der Waals surface area contributed by atoms with Crippen molar-refractivity contribution in [2.75, 3.05) is 0 Å². The Bertz CT molecular complexity index is 1310. The van der Waals surface area contributed by atoms with E-state index in [9.17, 15) is 45.3 Å². The number of fused-ring (bicyclic) bond motifs is 1. The molecule has 1 saturated heterocycles. The van der Waals surface area contributed by atoms with Gasteiger partial charge in [0.25, 0.3) is 0 Å². The van der Waals surface area contributed by atoms with Crippen LogP contribution in [0, 0.1) is 0 Å². The number of aromatic hydroxyl groups is 4. The molecule has 1 aliphatic heterocycles. The Hall–Kier alpha value is -4.04. The van der Waals surface area contributed by atoms with Crippen molar-refractivity contribution in [2.45, 2.75) is 30.7 Å². The first kappa shape index (κ1) is 23.1. The van der Waals surface area contributed by atoms with E-state index in [0.717, 1.165) is 6.07 Å². The van der Waals surface area contributed by atoms with Crippen LogP contribution >= 0.6 is 0 Å². The number of carboxylic acid groups (broad SMARTS) is 1. The Labute approximate surface area is 188 Å². The molecular formula is C21H18O13. The van der Waals surface area contributed by atoms with E-state index in [0.29, 0.717) is 0 Å². The SMILES string of the molecule is O=C(O)[C@H]1O[C@H](Oc2cc(O)c3c(=O)c(O)c(-c4ccc(O)cc4)oc3c2O)[C@H](O)[C@@H](O)[C@@H]1O. The molecule has 0 amide bonds. The molecule has 0 bridgehead atoms. The Morgan fingerprint density at radius 1 is 0.912 bits per heavy atom. The minimum Gasteiger partial charge on any atom is -0.508 e. The summed E-state index contributed by atoms with van der Waals surface area (Å²) in [5, 5.41) is 79.0. The monoisotopic (exact) mass is 478 g/mol. The Morgan fingerprint density at radius 2 is 1.56 bits per heavy atom. The maximum atomic E-state index is 12.7. The standard InChI is InChI=1S/C21H18O13/c22-7-3-1-6(2-4-7)17-14(27)12(25)10-8(23)5-9(11(24)18(10)33-17)32-21-16(29)13(26)15(28)19(34-21)20(30)31/h1-5,13,15-16,19,21-24,26-29H,(H,30,31)/t13-,15-,16+,19-,21-/m0/s1. The highest BCUT2D eigenvalue weighted by Crippen LogP contribution is 2.43. The number of aliphatic hydroxyl groups excluding tert-OH is 3. The number of rotatable bonds is 4. The van der Waals surface area contributed by atoms with E-state index in [-0.39, 0.29) is 11.3 Å². The van der Waals surface area contributed by atoms with Crippen LogP contribution in [0.2, 0.25) is 0 Å². The Kier molecular flexibility index (Phi) is 5.70. The minimum absolute atomic E-state index is 0.111. The molecule has 0 unspecified atom stereocenters. The summed E-state index contributed by atoms with van der Waals surface area (Å²) in [7, 11) is 0. The highest BCUT2D eigenvalue weighted by atomic mass is 16.7. The average molecular weight is 478 g/mol. The molecule has 1 aromatic heterocycles. The highest BCUT2D eigenvalue weighted by Gasteiger charge is 2.48. The van der Waals surface area contributed by atoms with E-state index in [1.165, 1.54) is 24.3 Å². The summed E-state index contributed by atoms with van der Waals surface area (Å²) in [5.41, 5.74) is -1.62. The maximum absolute atomic E-state index is 12.7. The molecule has 2 aromatic carbocycles. The number of benzene rings is 2. The molecule has 34 heavy (non-hydrogen) atoms. The molecule has 13 nitrogen and oxygen atoms in total. The molecule has 1 aliphatic rings. The third-order valence-corrected chi connectivity index (χ3v) is 5.25. The molecule has 0 radical (unpaired) electrons. The molecule has 13 heteroatoms. The van der Waals surface area contributed by atoms with Gasteiger partial charge in [0.05, 0.1) is 0 Å². The molecule has 0 saturated carbocycles. The number of ether oxygens (including phenoxy) is 2. The number of aliphatic carboxylic acids is 1. The summed E-state index contributed by atoms with van der Waals surface area (Å²) in [6.45, 7) is 0. The number of phenolic OH excluding ortho intramolecular Hbond substituents is 3. The zero-order valence-corrected chi connectivity index (χ0v) is 16.9. The quantitative estimate of drug-likeness (QED) is 0.223. The van der Waals surface area contributed by atoms with Gasteiger partial charge in [0, 0.05) is 11.6 Å². The number of carboxylic acids is 1. The summed E-state index contributed by atoms with van der Waals surface area (Å²) in [6.07, 6.45) is -9.87. The van der Waals surface area contributed by atoms with Crippen LogP contribution in [0.4, 0.5) is 0 Å². The second kappa shape index (κ2) is 8.39. The lowest BCUT2D eigenvalue weighted by Crippen LogP contribution is -2.61. The van der Waals surface area contributed by atoms with Crippen LogP contribution in [0.25, 0.3) is 22.3 Å². The Balaban J connectivity index is 1.81. The summed E-state index contributed by atoms with van der Waals surface area (Å²) in [6, 6.07) is 5.83. The average Bonchev–Trinajstić information content (AvgIpc) is 2.79. The first-order valence-electron chi connectivity index (χ1n) is 9.64. The van der Waals surface area contributed by atoms with Crippen molar-refractivity contribution in [3.63, 3.8) is 0 Å². The number of aliphatic hydroxyl groups is 3. The van der Waals surface area contributed by atoms with Gasteiger partial charge >= 0.3 is 5.97 Å². The van der Waals surface area contributed by atoms with E-state index in [2.05, 4.69) is 0 Å². The summed E-state index contributed by atoms with van der Waals surface area (Å²) in [4.78, 5) is 23.9. The van der Waals surface area contributed by atoms with Crippen molar-refractivity contribution >= 4 is 16.9 Å². The number of hydrogen-bond acceptors (Lipinski definition) is 12. The van der Waals surface area contributed by atoms with Crippen molar-refractivity contribution in [2.24, 2.45) is 0 Å². The van der Waals surface area contributed by atoms with E-state index in [1.54, 1.807) is 0 Å². The van der Waals surface area contributed by atoms with Gasteiger partial charge in [0.2, 0.25) is 23.2 Å². The molecule has 0 aliphatic carbocycles. The normalized spacial score (nSPS) is 24.7. The highest BCUT2D eigenvalue weighted by molar-refractivity contribution is 5.93. The molecule has 8 N–H and O–H groups in total. The largest absolute Gasteiger partial charge is 0.508 e. The van der Waals surface area contributed by atoms with Crippen LogP contribution in [-0.2, 0) is 9.53 Å². The van der Waals surface area contributed by atoms with Crippen LogP contribution in [0.3, 0.4) is 0 Å². The molecular weight excluding hydrogens is 460 g/mol. The van der Waals surface area contributed by atoms with Gasteiger partial charge in [-0.05, 0) is 24.3 Å². The molecule has 0 spiro atoms. The smallest absolute Gasteiger partial charge is 0.335 e. The van der Waals surface area contributed by atoms with Crippen molar-refractivity contribution in [1.29, 1.82) is 0 Å². The fourth-order valence-electron chi connectivity index (χ4n) is 3.47. The van der Waals surface area contributed by atoms with Gasteiger partial charge in [0.1, 0.15) is 35.2 Å². The predicted octanol–water partition coefficient (Wildman–Crippen LogP) is -0.447. The first-order valence-corrected chi connectivity index (χ1v) is 9.64. The lowest BCUT2D eigenvalue weighted by molar-refractivity contribution is -0.271. The summed E-state index contributed by atoms with van der Waals surface area (Å²) >= 11 is 0. The van der Waals surface area contributed by atoms with Crippen molar-refractivity contribution in [1.82, 2.24) is 0 Å². The van der Waals surface area contributed by atoms with E-state index in [4.69, 9.17) is 19.0 Å². The fourth-order valence-corrected chi connectivity index (χ4v) is 3.47. The van der Waals surface area contributed by atoms with Gasteiger partial charge in [-0.3, -0.25) is 4.79 Å². The van der Waals surface area contributed by atoms with Gasteiger partial charge in [-0.2, -0.15) is 0 Å². The topological polar surface area (TPSA) is 228 Å². The lowest BCUT2D eigenvalue weighted by atomic mass is 9.99. The van der Waals surface area contributed by atoms with Crippen LogP contribution in [0.15, 0.2) is 39.5 Å². The van der Waals surface area contributed by atoms with Crippen LogP contribution < -0.4 is 10.2 Å². The van der Waals surface area contributed by atoms with Gasteiger partial charge in [-0.1, -0.05) is 0 Å². The second-order valence-corrected chi connectivity index (χ2v) is 7.46. The minimum atomic E-state index is -1.99. The molecule has 4 rings (SSSR count). The van der Waals surface area contributed by atoms with Crippen molar-refractivity contribution < 1.29 is 59.5 Å². The third kappa shape index (κ3) is 3.72. The van der Waals surface area contributed by atoms with Gasteiger partial charge in [0.15, 0.2) is 23.2 Å². The van der Waals surface area contributed by atoms with E-state index in [1.807, 2.05) is 0 Å². The predicted molar refractivity (Wildman–Crippen MR) is 110 cm³/mol. The second-order valence-electron chi connectivity index (χ2n) is 7.46. The number of phenols is 3. The summed E-state index contributed by atoms with van der Waals surface area (Å²) in [5.74, 6) is -5.44. The van der Waals surface area contributed by atoms with E-state index < -0.39 is 81.8 Å². The molecule has 1 fully saturated rings. The zero-order valence-electron chi connectivity index (χ0n) is 16.9. The van der Waals surface area contributed by atoms with Gasteiger partial charge in [-0.15, -0.1) is 0 Å². The number of carbonyl (C=O) groups is 1. The molecule has 180 valence electrons. The molecule has 2 heterocycles. The fraction of sp³-hybridized carbons (Fsp3) is 0.238. The molecule has 5 atom stereocenters. The summed E-state index contributed by atoms with van der Waals surface area (Å²) < 4.78 is 15.7. The van der Waals surface area contributed by atoms with Crippen LogP contribution in [0.1, 0.15) is 0 Å². The lowest BCUT2D eigenvalue weighted by Gasteiger charge is -2.38. The van der Waals surface area contributed by atoms with Crippen molar-refractivity contribution in [3.05, 3.63) is 40.6 Å². The van der Waals surface area contributed by atoms with Crippen molar-refractivity contribution in [3.8, 4) is 40.1 Å². The van der Waals surface area contributed by atoms with Gasteiger partial charge in [-0.25, -0.2) is 4.79 Å². The third-order valence-electron chi connectivity index (χ3n) is 5.25. The Morgan fingerprint density at radius 3 is 2.18 bits per heavy atom. The number of hydrogen-bond donors (Lipinski definition) is 8. The first-order chi connectivity index (χ1) is 16.0. The zero-order chi connectivity index (χ0) is 24.9. The van der Waals surface area contributed by atoms with E-state index >= 15 is 0 Å². The van der Waals surface area contributed by atoms with Crippen LogP contribution in [-0.4, -0.2) is 77.5 Å². The van der Waals surface area contributed by atoms with Gasteiger partial charge < -0.3 is 54.7 Å². The maximum Gasteiger partial charge on any atom is 0.335 e. The van der Waals surface area contributed by atoms with Crippen LogP contribution in [0.5, 0.6) is 28.7 Å².